The largest absolute Gasteiger partial charge is 0.487 e. The van der Waals surface area contributed by atoms with Crippen molar-refractivity contribution in [2.75, 3.05) is 6.61 Å². The van der Waals surface area contributed by atoms with Crippen LogP contribution in [0.1, 0.15) is 22.8 Å². The number of carbonyl (C=O) groups excluding carboxylic acids is 2. The molecule has 0 aliphatic heterocycles. The maximum Gasteiger partial charge on any atom is 0.379 e. The molecule has 2 rings (SSSR count). The van der Waals surface area contributed by atoms with Gasteiger partial charge in [0.2, 0.25) is 0 Å². The van der Waals surface area contributed by atoms with Crippen molar-refractivity contribution in [2.45, 2.75) is 13.5 Å². The van der Waals surface area contributed by atoms with Gasteiger partial charge in [0, 0.05) is 5.56 Å². The van der Waals surface area contributed by atoms with Gasteiger partial charge in [-0.25, -0.2) is 4.79 Å². The predicted molar refractivity (Wildman–Crippen MR) is 83.2 cm³/mol. The summed E-state index contributed by atoms with van der Waals surface area (Å²) >= 11 is 6.09. The highest BCUT2D eigenvalue weighted by Gasteiger charge is 2.18. The molecule has 0 bridgehead atoms. The van der Waals surface area contributed by atoms with Gasteiger partial charge in [-0.2, -0.15) is 0 Å². The summed E-state index contributed by atoms with van der Waals surface area (Å²) in [6.07, 6.45) is 0. The fourth-order valence-corrected chi connectivity index (χ4v) is 2.04. The quantitative estimate of drug-likeness (QED) is 0.463. The van der Waals surface area contributed by atoms with E-state index in [1.54, 1.807) is 13.0 Å². The zero-order valence-electron chi connectivity index (χ0n) is 12.0. The maximum atomic E-state index is 11.8. The molecule has 0 aromatic heterocycles. The summed E-state index contributed by atoms with van der Waals surface area (Å²) in [4.78, 5) is 23.2. The lowest BCUT2D eigenvalue weighted by Gasteiger charge is -2.09. The van der Waals surface area contributed by atoms with Crippen molar-refractivity contribution in [1.29, 1.82) is 0 Å². The Hall–Kier alpha value is -2.33. The van der Waals surface area contributed by atoms with Gasteiger partial charge >= 0.3 is 5.97 Å². The summed E-state index contributed by atoms with van der Waals surface area (Å²) in [6, 6.07) is 14.1. The molecule has 0 aliphatic rings. The van der Waals surface area contributed by atoms with E-state index in [0.717, 1.165) is 5.56 Å². The van der Waals surface area contributed by atoms with Crippen molar-refractivity contribution in [3.8, 4) is 5.75 Å². The van der Waals surface area contributed by atoms with Crippen molar-refractivity contribution in [2.24, 2.45) is 0 Å². The Balaban J connectivity index is 2.06. The van der Waals surface area contributed by atoms with Gasteiger partial charge in [-0.15, -0.1) is 0 Å². The van der Waals surface area contributed by atoms with Crippen LogP contribution in [0, 0.1) is 0 Å². The second-order valence-corrected chi connectivity index (χ2v) is 4.88. The first kappa shape index (κ1) is 16.0. The summed E-state index contributed by atoms with van der Waals surface area (Å²) in [5.74, 6) is -1.17. The van der Waals surface area contributed by atoms with Gasteiger partial charge in [0.1, 0.15) is 12.4 Å². The van der Waals surface area contributed by atoms with E-state index in [-0.39, 0.29) is 17.2 Å². The van der Waals surface area contributed by atoms with Crippen LogP contribution < -0.4 is 4.74 Å². The van der Waals surface area contributed by atoms with Gasteiger partial charge in [0.05, 0.1) is 11.6 Å². The van der Waals surface area contributed by atoms with E-state index < -0.39 is 11.8 Å². The van der Waals surface area contributed by atoms with E-state index in [0.29, 0.717) is 12.4 Å². The lowest BCUT2D eigenvalue weighted by Crippen LogP contribution is -2.17. The highest BCUT2D eigenvalue weighted by atomic mass is 35.5. The van der Waals surface area contributed by atoms with Gasteiger partial charge in [-0.3, -0.25) is 4.79 Å². The van der Waals surface area contributed by atoms with E-state index in [1.165, 1.54) is 12.1 Å². The molecule has 0 saturated carbocycles. The Kier molecular flexibility index (Phi) is 5.55. The topological polar surface area (TPSA) is 52.6 Å². The Labute approximate surface area is 133 Å². The third kappa shape index (κ3) is 4.09. The summed E-state index contributed by atoms with van der Waals surface area (Å²) in [5, 5.41) is 0.270. The van der Waals surface area contributed by atoms with Crippen LogP contribution in [-0.4, -0.2) is 18.4 Å². The van der Waals surface area contributed by atoms with Crippen LogP contribution >= 0.6 is 11.6 Å². The van der Waals surface area contributed by atoms with E-state index in [2.05, 4.69) is 4.74 Å². The molecule has 0 saturated heterocycles. The van der Waals surface area contributed by atoms with E-state index >= 15 is 0 Å². The average molecular weight is 319 g/mol. The number of ether oxygens (including phenoxy) is 2. The van der Waals surface area contributed by atoms with Crippen molar-refractivity contribution in [3.05, 3.63) is 64.7 Å². The van der Waals surface area contributed by atoms with E-state index in [9.17, 15) is 9.59 Å². The lowest BCUT2D eigenvalue weighted by atomic mass is 10.1. The van der Waals surface area contributed by atoms with E-state index in [1.807, 2.05) is 30.3 Å². The first-order chi connectivity index (χ1) is 10.6. The van der Waals surface area contributed by atoms with Crippen molar-refractivity contribution < 1.29 is 19.1 Å². The minimum atomic E-state index is -0.892. The smallest absolute Gasteiger partial charge is 0.379 e. The molecule has 5 heteroatoms. The Bertz CT molecular complexity index is 668. The van der Waals surface area contributed by atoms with Gasteiger partial charge in [-0.1, -0.05) is 41.9 Å². The number of carbonyl (C=O) groups is 2. The number of benzene rings is 2. The fraction of sp³-hybridized carbons (Fsp3) is 0.176. The van der Waals surface area contributed by atoms with Gasteiger partial charge in [0.15, 0.2) is 0 Å². The van der Waals surface area contributed by atoms with Crippen LogP contribution in [0.25, 0.3) is 0 Å². The number of hydrogen-bond donors (Lipinski definition) is 0. The van der Waals surface area contributed by atoms with Crippen LogP contribution in [0.15, 0.2) is 48.5 Å². The number of hydrogen-bond acceptors (Lipinski definition) is 4. The number of Topliss-reactive ketones (excluding diaryl/α,β-unsaturated/α-hetero) is 1. The zero-order chi connectivity index (χ0) is 15.9. The molecule has 0 amide bonds. The normalized spacial score (nSPS) is 10.1. The van der Waals surface area contributed by atoms with Crippen molar-refractivity contribution in [1.82, 2.24) is 0 Å². The summed E-state index contributed by atoms with van der Waals surface area (Å²) in [5.41, 5.74) is 1.18. The fourth-order valence-electron chi connectivity index (χ4n) is 1.81. The molecule has 0 heterocycles. The molecule has 0 spiro atoms. The van der Waals surface area contributed by atoms with Gasteiger partial charge in [0.25, 0.3) is 5.78 Å². The first-order valence-corrected chi connectivity index (χ1v) is 7.17. The van der Waals surface area contributed by atoms with Crippen LogP contribution in [0.4, 0.5) is 0 Å². The lowest BCUT2D eigenvalue weighted by molar-refractivity contribution is -0.137. The SMILES string of the molecule is CCOC(=O)C(=O)c1ccc(OCc2ccccc2)c(Cl)c1. The number of halogens is 1. The van der Waals surface area contributed by atoms with Crippen LogP contribution in [0.3, 0.4) is 0 Å². The van der Waals surface area contributed by atoms with Gasteiger partial charge in [-0.05, 0) is 30.7 Å². The zero-order valence-corrected chi connectivity index (χ0v) is 12.8. The third-order valence-corrected chi connectivity index (χ3v) is 3.19. The Morgan fingerprint density at radius 1 is 1.09 bits per heavy atom. The molecule has 0 unspecified atom stereocenters. The highest BCUT2D eigenvalue weighted by molar-refractivity contribution is 6.41. The molecule has 0 radical (unpaired) electrons. The molecule has 22 heavy (non-hydrogen) atoms. The molecule has 114 valence electrons. The molecule has 0 aliphatic carbocycles. The monoisotopic (exact) mass is 318 g/mol. The molecule has 2 aromatic rings. The van der Waals surface area contributed by atoms with Crippen LogP contribution in [-0.2, 0) is 16.1 Å². The van der Waals surface area contributed by atoms with E-state index in [4.69, 9.17) is 16.3 Å². The van der Waals surface area contributed by atoms with Gasteiger partial charge < -0.3 is 9.47 Å². The highest BCUT2D eigenvalue weighted by Crippen LogP contribution is 2.26. The summed E-state index contributed by atoms with van der Waals surface area (Å²) < 4.78 is 10.3. The molecule has 0 fully saturated rings. The molecular formula is C17H15ClO4. The predicted octanol–water partition coefficient (Wildman–Crippen LogP) is 3.66. The third-order valence-electron chi connectivity index (χ3n) is 2.89. The molecular weight excluding hydrogens is 304 g/mol. The van der Waals surface area contributed by atoms with Crippen LogP contribution in [0.2, 0.25) is 5.02 Å². The second kappa shape index (κ2) is 7.61. The Morgan fingerprint density at radius 3 is 2.45 bits per heavy atom. The van der Waals surface area contributed by atoms with Crippen LogP contribution in [0.5, 0.6) is 5.75 Å². The molecule has 2 aromatic carbocycles. The summed E-state index contributed by atoms with van der Waals surface area (Å²) in [6.45, 7) is 2.15. The summed E-state index contributed by atoms with van der Waals surface area (Å²) in [7, 11) is 0. The molecule has 4 nitrogen and oxygen atoms in total. The molecule has 0 N–H and O–H groups in total. The number of esters is 1. The average Bonchev–Trinajstić information content (AvgIpc) is 2.54. The standard InChI is InChI=1S/C17H15ClO4/c1-2-21-17(20)16(19)13-8-9-15(14(18)10-13)22-11-12-6-4-3-5-7-12/h3-10H,2,11H2,1H3. The second-order valence-electron chi connectivity index (χ2n) is 4.47. The minimum absolute atomic E-state index is 0.149. The maximum absolute atomic E-state index is 11.8. The van der Waals surface area contributed by atoms with Crippen molar-refractivity contribution >= 4 is 23.4 Å². The molecule has 0 atom stereocenters. The number of rotatable bonds is 6. The number of ketones is 1. The minimum Gasteiger partial charge on any atom is -0.487 e. The Morgan fingerprint density at radius 2 is 1.82 bits per heavy atom. The van der Waals surface area contributed by atoms with Crippen molar-refractivity contribution in [3.63, 3.8) is 0 Å². The first-order valence-electron chi connectivity index (χ1n) is 6.79.